The fourth-order valence-corrected chi connectivity index (χ4v) is 3.28. The van der Waals surface area contributed by atoms with Crippen molar-refractivity contribution in [2.75, 3.05) is 19.6 Å². The predicted molar refractivity (Wildman–Crippen MR) is 75.5 cm³/mol. The summed E-state index contributed by atoms with van der Waals surface area (Å²) >= 11 is 1.87. The van der Waals surface area contributed by atoms with Crippen LogP contribution in [0.1, 0.15) is 37.5 Å². The summed E-state index contributed by atoms with van der Waals surface area (Å²) in [5, 5.41) is 5.75. The third kappa shape index (κ3) is 4.41. The number of nitrogens with zero attached hydrogens (tertiary/aromatic N) is 1. The lowest BCUT2D eigenvalue weighted by Crippen LogP contribution is -2.26. The van der Waals surface area contributed by atoms with Crippen LogP contribution in [0.5, 0.6) is 0 Å². The van der Waals surface area contributed by atoms with Crippen LogP contribution >= 0.6 is 11.3 Å². The third-order valence-corrected chi connectivity index (χ3v) is 4.46. The van der Waals surface area contributed by atoms with E-state index in [2.05, 4.69) is 34.7 Å². The zero-order valence-electron chi connectivity index (χ0n) is 10.8. The minimum Gasteiger partial charge on any atom is -0.314 e. The molecule has 1 aromatic rings. The molecule has 2 nitrogen and oxygen atoms in total. The van der Waals surface area contributed by atoms with E-state index in [4.69, 9.17) is 0 Å². The summed E-state index contributed by atoms with van der Waals surface area (Å²) in [5.74, 6) is 0. The minimum atomic E-state index is 0.801. The van der Waals surface area contributed by atoms with E-state index in [9.17, 15) is 0 Å². The van der Waals surface area contributed by atoms with E-state index in [0.717, 1.165) is 19.1 Å². The van der Waals surface area contributed by atoms with E-state index in [0.29, 0.717) is 0 Å². The maximum absolute atomic E-state index is 3.58. The maximum atomic E-state index is 3.58. The molecule has 3 heteroatoms. The van der Waals surface area contributed by atoms with Crippen LogP contribution < -0.4 is 5.32 Å². The van der Waals surface area contributed by atoms with Gasteiger partial charge in [0.1, 0.15) is 0 Å². The van der Waals surface area contributed by atoms with Gasteiger partial charge in [-0.2, -0.15) is 0 Å². The number of hydrogen-bond acceptors (Lipinski definition) is 3. The number of rotatable bonds is 7. The molecule has 0 bridgehead atoms. The number of hydrogen-bond donors (Lipinski definition) is 1. The molecule has 0 amide bonds. The first-order valence-corrected chi connectivity index (χ1v) is 7.74. The summed E-state index contributed by atoms with van der Waals surface area (Å²) in [5.41, 5.74) is 0. The van der Waals surface area contributed by atoms with Crippen molar-refractivity contribution in [3.63, 3.8) is 0 Å². The van der Waals surface area contributed by atoms with Gasteiger partial charge in [-0.1, -0.05) is 13.0 Å². The van der Waals surface area contributed by atoms with Gasteiger partial charge in [-0.15, -0.1) is 11.3 Å². The Kier molecular flexibility index (Phi) is 5.49. The molecule has 1 atom stereocenters. The van der Waals surface area contributed by atoms with Crippen LogP contribution in [0.3, 0.4) is 0 Å². The molecule has 2 rings (SSSR count). The van der Waals surface area contributed by atoms with E-state index in [1.54, 1.807) is 0 Å². The van der Waals surface area contributed by atoms with Gasteiger partial charge in [-0.25, -0.2) is 0 Å². The second-order valence-corrected chi connectivity index (χ2v) is 5.92. The lowest BCUT2D eigenvalue weighted by Gasteiger charge is -2.20. The van der Waals surface area contributed by atoms with Crippen LogP contribution in [0.2, 0.25) is 0 Å². The molecule has 96 valence electrons. The Morgan fingerprint density at radius 3 is 3.12 bits per heavy atom. The van der Waals surface area contributed by atoms with E-state index in [-0.39, 0.29) is 0 Å². The van der Waals surface area contributed by atoms with Crippen molar-refractivity contribution in [1.29, 1.82) is 0 Å². The number of thiophene rings is 1. The monoisotopic (exact) mass is 252 g/mol. The third-order valence-electron chi connectivity index (χ3n) is 3.60. The van der Waals surface area contributed by atoms with Gasteiger partial charge < -0.3 is 5.32 Å². The van der Waals surface area contributed by atoms with Crippen LogP contribution in [0.25, 0.3) is 0 Å². The second-order valence-electron chi connectivity index (χ2n) is 4.88. The van der Waals surface area contributed by atoms with E-state index < -0.39 is 0 Å². The molecule has 1 unspecified atom stereocenters. The van der Waals surface area contributed by atoms with E-state index in [1.807, 2.05) is 11.3 Å². The molecule has 1 aromatic heterocycles. The van der Waals surface area contributed by atoms with Gasteiger partial charge >= 0.3 is 0 Å². The van der Waals surface area contributed by atoms with Crippen molar-refractivity contribution in [3.8, 4) is 0 Å². The quantitative estimate of drug-likeness (QED) is 0.802. The molecule has 17 heavy (non-hydrogen) atoms. The van der Waals surface area contributed by atoms with Gasteiger partial charge in [-0.3, -0.25) is 4.90 Å². The molecular weight excluding hydrogens is 228 g/mol. The Bertz CT molecular complexity index is 291. The van der Waals surface area contributed by atoms with Gasteiger partial charge in [0.15, 0.2) is 0 Å². The molecule has 0 spiro atoms. The molecule has 1 saturated heterocycles. The highest BCUT2D eigenvalue weighted by atomic mass is 32.1. The zero-order chi connectivity index (χ0) is 11.9. The van der Waals surface area contributed by atoms with Crippen molar-refractivity contribution < 1.29 is 0 Å². The molecule has 1 aliphatic rings. The Labute approximate surface area is 109 Å². The first kappa shape index (κ1) is 13.1. The van der Waals surface area contributed by atoms with Crippen molar-refractivity contribution >= 4 is 11.3 Å². The second kappa shape index (κ2) is 7.14. The van der Waals surface area contributed by atoms with Crippen LogP contribution in [0.4, 0.5) is 0 Å². The topological polar surface area (TPSA) is 15.3 Å². The molecule has 1 aliphatic heterocycles. The van der Waals surface area contributed by atoms with E-state index >= 15 is 0 Å². The van der Waals surface area contributed by atoms with Gasteiger partial charge in [0, 0.05) is 17.5 Å². The molecule has 2 heterocycles. The lowest BCUT2D eigenvalue weighted by molar-refractivity contribution is 0.271. The summed E-state index contributed by atoms with van der Waals surface area (Å²) in [6.07, 6.45) is 5.44. The molecule has 0 aromatic carbocycles. The smallest absolute Gasteiger partial charge is 0.0327 e. The Morgan fingerprint density at radius 2 is 2.47 bits per heavy atom. The first-order chi connectivity index (χ1) is 8.38. The first-order valence-electron chi connectivity index (χ1n) is 6.86. The van der Waals surface area contributed by atoms with Crippen LogP contribution in [-0.4, -0.2) is 30.6 Å². The fourth-order valence-electron chi connectivity index (χ4n) is 2.54. The van der Waals surface area contributed by atoms with Gasteiger partial charge in [0.05, 0.1) is 0 Å². The Hall–Kier alpha value is -0.380. The molecule has 0 aliphatic carbocycles. The molecule has 0 saturated carbocycles. The Morgan fingerprint density at radius 1 is 1.53 bits per heavy atom. The van der Waals surface area contributed by atoms with E-state index in [1.165, 1.54) is 43.6 Å². The van der Waals surface area contributed by atoms with Crippen molar-refractivity contribution in [2.24, 2.45) is 0 Å². The predicted octanol–water partition coefficient (Wildman–Crippen LogP) is 3.10. The lowest BCUT2D eigenvalue weighted by atomic mass is 10.1. The summed E-state index contributed by atoms with van der Waals surface area (Å²) < 4.78 is 0. The summed E-state index contributed by atoms with van der Waals surface area (Å²) in [7, 11) is 0. The average Bonchev–Trinajstić information content (AvgIpc) is 3.00. The van der Waals surface area contributed by atoms with Gasteiger partial charge in [-0.05, 0) is 56.8 Å². The van der Waals surface area contributed by atoms with Gasteiger partial charge in [0.2, 0.25) is 0 Å². The summed E-state index contributed by atoms with van der Waals surface area (Å²) in [6.45, 7) is 7.04. The van der Waals surface area contributed by atoms with Crippen molar-refractivity contribution in [3.05, 3.63) is 22.4 Å². The normalized spacial score (nSPS) is 20.2. The highest BCUT2D eigenvalue weighted by Crippen LogP contribution is 2.14. The molecule has 0 radical (unpaired) electrons. The average molecular weight is 252 g/mol. The molecule has 1 N–H and O–H groups in total. The van der Waals surface area contributed by atoms with Crippen LogP contribution in [0.15, 0.2) is 17.5 Å². The summed E-state index contributed by atoms with van der Waals surface area (Å²) in [4.78, 5) is 4.05. The van der Waals surface area contributed by atoms with Crippen molar-refractivity contribution in [1.82, 2.24) is 10.2 Å². The highest BCUT2D eigenvalue weighted by molar-refractivity contribution is 7.09. The fraction of sp³-hybridized carbons (Fsp3) is 0.714. The highest BCUT2D eigenvalue weighted by Gasteiger charge is 2.13. The summed E-state index contributed by atoms with van der Waals surface area (Å²) in [6, 6.07) is 5.19. The zero-order valence-corrected chi connectivity index (χ0v) is 11.6. The van der Waals surface area contributed by atoms with Crippen LogP contribution in [-0.2, 0) is 6.54 Å². The maximum Gasteiger partial charge on any atom is 0.0327 e. The van der Waals surface area contributed by atoms with Gasteiger partial charge in [0.25, 0.3) is 0 Å². The molecular formula is C14H24N2S. The Balaban J connectivity index is 1.64. The largest absolute Gasteiger partial charge is 0.314 e. The molecule has 1 fully saturated rings. The van der Waals surface area contributed by atoms with Crippen molar-refractivity contribution in [2.45, 2.75) is 45.2 Å². The van der Waals surface area contributed by atoms with Crippen LogP contribution in [0, 0.1) is 0 Å². The standard InChI is InChI=1S/C14H24N2S/c1-2-16(12-14-8-5-11-17-14)10-4-7-13-6-3-9-15-13/h5,8,11,13,15H,2-4,6-7,9-10,12H2,1H3. The number of nitrogens with one attached hydrogen (secondary N) is 1. The SMILES string of the molecule is CCN(CCCC1CCCN1)Cc1cccs1. The minimum absolute atomic E-state index is 0.801.